The molecular formula is C23H20BrNO5. The average Bonchev–Trinajstić information content (AvgIpc) is 2.74. The summed E-state index contributed by atoms with van der Waals surface area (Å²) in [5.74, 6) is -1.46. The second-order valence-electron chi connectivity index (χ2n) is 6.55. The molecule has 0 amide bonds. The number of hydrogen-bond donors (Lipinski definition) is 1. The Labute approximate surface area is 181 Å². The first-order chi connectivity index (χ1) is 14.4. The maximum absolute atomic E-state index is 13.0. The van der Waals surface area contributed by atoms with Gasteiger partial charge in [-0.3, -0.25) is 9.59 Å². The minimum absolute atomic E-state index is 0.0864. The van der Waals surface area contributed by atoms with Gasteiger partial charge in [0.25, 0.3) is 5.56 Å². The molecule has 0 saturated heterocycles. The maximum Gasteiger partial charge on any atom is 0.343 e. The van der Waals surface area contributed by atoms with Crippen LogP contribution in [-0.2, 0) is 17.7 Å². The van der Waals surface area contributed by atoms with E-state index in [4.69, 9.17) is 4.74 Å². The molecule has 0 radical (unpaired) electrons. The van der Waals surface area contributed by atoms with Crippen molar-refractivity contribution in [3.63, 3.8) is 0 Å². The van der Waals surface area contributed by atoms with Crippen molar-refractivity contribution in [3.8, 4) is 5.75 Å². The fourth-order valence-corrected chi connectivity index (χ4v) is 3.53. The number of hydrogen-bond acceptors (Lipinski definition) is 5. The van der Waals surface area contributed by atoms with Gasteiger partial charge >= 0.3 is 5.97 Å². The lowest BCUT2D eigenvalue weighted by Gasteiger charge is -2.12. The van der Waals surface area contributed by atoms with E-state index < -0.39 is 17.3 Å². The van der Waals surface area contributed by atoms with Crippen molar-refractivity contribution in [1.29, 1.82) is 0 Å². The summed E-state index contributed by atoms with van der Waals surface area (Å²) >= 11 is 3.48. The van der Waals surface area contributed by atoms with Gasteiger partial charge in [0.05, 0.1) is 12.2 Å². The molecule has 0 unspecified atom stereocenters. The van der Waals surface area contributed by atoms with E-state index in [0.717, 1.165) is 10.0 Å². The second-order valence-corrected chi connectivity index (χ2v) is 7.40. The number of rotatable bonds is 7. The Bertz CT molecular complexity index is 1150. The molecule has 154 valence electrons. The van der Waals surface area contributed by atoms with Crippen LogP contribution in [0.4, 0.5) is 0 Å². The van der Waals surface area contributed by atoms with E-state index >= 15 is 0 Å². The molecule has 1 N–H and O–H groups in total. The molecule has 0 fully saturated rings. The predicted molar refractivity (Wildman–Crippen MR) is 116 cm³/mol. The summed E-state index contributed by atoms with van der Waals surface area (Å²) in [6, 6.07) is 15.0. The van der Waals surface area contributed by atoms with Crippen LogP contribution >= 0.6 is 15.9 Å². The fourth-order valence-electron chi connectivity index (χ4n) is 3.04. The highest BCUT2D eigenvalue weighted by Gasteiger charge is 2.20. The van der Waals surface area contributed by atoms with Crippen LogP contribution in [0.2, 0.25) is 0 Å². The molecule has 3 rings (SSSR count). The Kier molecular flexibility index (Phi) is 6.84. The van der Waals surface area contributed by atoms with Crippen LogP contribution in [0.3, 0.4) is 0 Å². The van der Waals surface area contributed by atoms with Gasteiger partial charge in [0.15, 0.2) is 5.78 Å². The highest BCUT2D eigenvalue weighted by Crippen LogP contribution is 2.21. The highest BCUT2D eigenvalue weighted by molar-refractivity contribution is 9.10. The first-order valence-electron chi connectivity index (χ1n) is 9.40. The third kappa shape index (κ3) is 4.68. The first-order valence-corrected chi connectivity index (χ1v) is 10.2. The van der Waals surface area contributed by atoms with Crippen molar-refractivity contribution in [2.75, 3.05) is 6.61 Å². The molecule has 1 heterocycles. The molecule has 3 aromatic rings. The fraction of sp³-hybridized carbons (Fsp3) is 0.174. The van der Waals surface area contributed by atoms with Crippen LogP contribution in [0.5, 0.6) is 5.75 Å². The number of para-hydroxylation sites is 1. The van der Waals surface area contributed by atoms with Crippen LogP contribution in [0.15, 0.2) is 70.1 Å². The predicted octanol–water partition coefficient (Wildman–Crippen LogP) is 3.97. The number of ketones is 1. The molecule has 0 saturated carbocycles. The first kappa shape index (κ1) is 21.5. The number of pyridine rings is 1. The van der Waals surface area contributed by atoms with Crippen molar-refractivity contribution in [3.05, 3.63) is 97.9 Å². The third-order valence-electron chi connectivity index (χ3n) is 4.57. The number of aromatic hydroxyl groups is 1. The molecule has 0 aliphatic rings. The standard InChI is InChI=1S/C23H20BrNO5/c1-2-30-23(29)18-13-16(21(27)17-8-4-6-10-20(17)26)14-25(22(18)28)12-11-15-7-3-5-9-19(15)24/h3-10,13-14,26H,2,11-12H2,1H3. The van der Waals surface area contributed by atoms with E-state index in [0.29, 0.717) is 6.42 Å². The number of phenolic OH excluding ortho intramolecular Hbond substituents is 1. The van der Waals surface area contributed by atoms with Crippen molar-refractivity contribution in [2.24, 2.45) is 0 Å². The normalized spacial score (nSPS) is 10.6. The van der Waals surface area contributed by atoms with Crippen LogP contribution in [0, 0.1) is 0 Å². The molecule has 6 nitrogen and oxygen atoms in total. The summed E-state index contributed by atoms with van der Waals surface area (Å²) in [4.78, 5) is 38.1. The molecular weight excluding hydrogens is 450 g/mol. The summed E-state index contributed by atoms with van der Waals surface area (Å²) in [5, 5.41) is 10.0. The van der Waals surface area contributed by atoms with E-state index in [1.807, 2.05) is 24.3 Å². The van der Waals surface area contributed by atoms with Gasteiger partial charge in [0, 0.05) is 22.8 Å². The number of aromatic nitrogens is 1. The number of carbonyl (C=O) groups excluding carboxylic acids is 2. The monoisotopic (exact) mass is 469 g/mol. The number of esters is 1. The van der Waals surface area contributed by atoms with Gasteiger partial charge in [-0.2, -0.15) is 0 Å². The molecule has 0 aliphatic carbocycles. The van der Waals surface area contributed by atoms with Gasteiger partial charge in [-0.1, -0.05) is 46.3 Å². The Morgan fingerprint density at radius 1 is 1.07 bits per heavy atom. The quantitative estimate of drug-likeness (QED) is 0.417. The summed E-state index contributed by atoms with van der Waals surface area (Å²) in [7, 11) is 0. The van der Waals surface area contributed by atoms with Crippen molar-refractivity contribution in [1.82, 2.24) is 4.57 Å². The lowest BCUT2D eigenvalue weighted by atomic mass is 10.0. The summed E-state index contributed by atoms with van der Waals surface area (Å²) in [5.41, 5.74) is 0.439. The van der Waals surface area contributed by atoms with E-state index in [1.165, 1.54) is 29.0 Å². The summed E-state index contributed by atoms with van der Waals surface area (Å²) in [6.45, 7) is 2.00. The van der Waals surface area contributed by atoms with Crippen molar-refractivity contribution < 1.29 is 19.4 Å². The largest absolute Gasteiger partial charge is 0.507 e. The van der Waals surface area contributed by atoms with Gasteiger partial charge in [0.1, 0.15) is 11.3 Å². The number of ether oxygens (including phenoxy) is 1. The molecule has 0 atom stereocenters. The van der Waals surface area contributed by atoms with Gasteiger partial charge in [-0.15, -0.1) is 0 Å². The smallest absolute Gasteiger partial charge is 0.343 e. The number of benzene rings is 2. The zero-order valence-electron chi connectivity index (χ0n) is 16.3. The Morgan fingerprint density at radius 2 is 1.77 bits per heavy atom. The molecule has 1 aromatic heterocycles. The SMILES string of the molecule is CCOC(=O)c1cc(C(=O)c2ccccc2O)cn(CCc2ccccc2Br)c1=O. The average molecular weight is 470 g/mol. The number of nitrogens with zero attached hydrogens (tertiary/aromatic N) is 1. The Balaban J connectivity index is 2.04. The molecule has 2 aromatic carbocycles. The van der Waals surface area contributed by atoms with E-state index in [2.05, 4.69) is 15.9 Å². The number of phenols is 1. The van der Waals surface area contributed by atoms with Crippen LogP contribution in [-0.4, -0.2) is 28.0 Å². The zero-order chi connectivity index (χ0) is 21.7. The molecule has 30 heavy (non-hydrogen) atoms. The van der Waals surface area contributed by atoms with Gasteiger partial charge < -0.3 is 14.4 Å². The van der Waals surface area contributed by atoms with Crippen LogP contribution in [0.25, 0.3) is 0 Å². The van der Waals surface area contributed by atoms with Gasteiger partial charge in [-0.05, 0) is 43.2 Å². The number of carbonyl (C=O) groups is 2. The van der Waals surface area contributed by atoms with Crippen LogP contribution < -0.4 is 5.56 Å². The van der Waals surface area contributed by atoms with Crippen LogP contribution in [0.1, 0.15) is 38.8 Å². The lowest BCUT2D eigenvalue weighted by Crippen LogP contribution is -2.29. The molecule has 7 heteroatoms. The summed E-state index contributed by atoms with van der Waals surface area (Å²) < 4.78 is 7.23. The van der Waals surface area contributed by atoms with E-state index in [9.17, 15) is 19.5 Å². The van der Waals surface area contributed by atoms with Gasteiger partial charge in [-0.25, -0.2) is 4.79 Å². The second kappa shape index (κ2) is 9.54. The third-order valence-corrected chi connectivity index (χ3v) is 5.35. The van der Waals surface area contributed by atoms with Crippen molar-refractivity contribution >= 4 is 27.7 Å². The Morgan fingerprint density at radius 3 is 2.47 bits per heavy atom. The molecule has 0 bridgehead atoms. The zero-order valence-corrected chi connectivity index (χ0v) is 17.9. The van der Waals surface area contributed by atoms with E-state index in [1.54, 1.807) is 19.1 Å². The molecule has 0 aliphatic heterocycles. The maximum atomic E-state index is 13.0. The minimum Gasteiger partial charge on any atom is -0.507 e. The lowest BCUT2D eigenvalue weighted by molar-refractivity contribution is 0.0523. The Hall–Kier alpha value is -3.19. The number of halogens is 1. The highest BCUT2D eigenvalue weighted by atomic mass is 79.9. The summed E-state index contributed by atoms with van der Waals surface area (Å²) in [6.07, 6.45) is 1.93. The topological polar surface area (TPSA) is 85.6 Å². The van der Waals surface area contributed by atoms with Gasteiger partial charge in [0.2, 0.25) is 0 Å². The van der Waals surface area contributed by atoms with E-state index in [-0.39, 0.29) is 35.6 Å². The molecule has 0 spiro atoms. The number of aryl methyl sites for hydroxylation is 2. The minimum atomic E-state index is -0.788. The van der Waals surface area contributed by atoms with Crippen molar-refractivity contribution in [2.45, 2.75) is 19.9 Å².